The molecule has 1 aliphatic rings. The van der Waals surface area contributed by atoms with Gasteiger partial charge in [-0.15, -0.1) is 0 Å². The van der Waals surface area contributed by atoms with Crippen molar-refractivity contribution in [3.8, 4) is 0 Å². The zero-order valence-electron chi connectivity index (χ0n) is 14.5. The normalized spacial score (nSPS) is 22.2. The van der Waals surface area contributed by atoms with Gasteiger partial charge in [-0.3, -0.25) is 9.13 Å². The van der Waals surface area contributed by atoms with Gasteiger partial charge in [0.15, 0.2) is 4.90 Å². The smallest absolute Gasteiger partial charge is 0.348 e. The highest BCUT2D eigenvalue weighted by Crippen LogP contribution is 2.81. The summed E-state index contributed by atoms with van der Waals surface area (Å²) >= 11 is 0. The van der Waals surface area contributed by atoms with Crippen LogP contribution in [-0.2, 0) is 27.2 Å². The lowest BCUT2D eigenvalue weighted by Crippen LogP contribution is -2.40. The molecular formula is C14H30O7P2. The van der Waals surface area contributed by atoms with Crippen molar-refractivity contribution in [2.45, 2.75) is 64.4 Å². The minimum atomic E-state index is -3.82. The highest BCUT2D eigenvalue weighted by Gasteiger charge is 2.66. The van der Waals surface area contributed by atoms with Crippen molar-refractivity contribution in [1.29, 1.82) is 0 Å². The van der Waals surface area contributed by atoms with Crippen molar-refractivity contribution in [3.05, 3.63) is 0 Å². The minimum Gasteiger partial charge on any atom is -0.393 e. The number of aliphatic hydroxyl groups is 1. The Labute approximate surface area is 139 Å². The summed E-state index contributed by atoms with van der Waals surface area (Å²) in [5.74, 6) is 0. The lowest BCUT2D eigenvalue weighted by Gasteiger charge is -2.45. The van der Waals surface area contributed by atoms with E-state index in [2.05, 4.69) is 0 Å². The fourth-order valence-electron chi connectivity index (χ4n) is 3.08. The molecule has 0 aliphatic heterocycles. The molecule has 1 N–H and O–H groups in total. The van der Waals surface area contributed by atoms with E-state index in [4.69, 9.17) is 18.1 Å². The molecule has 0 saturated heterocycles. The molecule has 1 aliphatic carbocycles. The van der Waals surface area contributed by atoms with E-state index in [1.54, 1.807) is 27.7 Å². The molecule has 23 heavy (non-hydrogen) atoms. The topological polar surface area (TPSA) is 91.3 Å². The van der Waals surface area contributed by atoms with Crippen LogP contribution in [0.2, 0.25) is 0 Å². The third kappa shape index (κ3) is 4.27. The summed E-state index contributed by atoms with van der Waals surface area (Å²) in [6.45, 7) is 7.38. The van der Waals surface area contributed by atoms with E-state index in [0.29, 0.717) is 19.3 Å². The average Bonchev–Trinajstić information content (AvgIpc) is 2.48. The van der Waals surface area contributed by atoms with Crippen LogP contribution in [-0.4, -0.2) is 42.5 Å². The predicted octanol–water partition coefficient (Wildman–Crippen LogP) is 4.15. The molecule has 0 aromatic carbocycles. The van der Waals surface area contributed by atoms with Gasteiger partial charge in [0.2, 0.25) is 0 Å². The molecule has 1 rings (SSSR count). The summed E-state index contributed by atoms with van der Waals surface area (Å²) in [5, 5.41) is 10.2. The molecule has 0 spiro atoms. The van der Waals surface area contributed by atoms with E-state index >= 15 is 0 Å². The Morgan fingerprint density at radius 1 is 0.913 bits per heavy atom. The van der Waals surface area contributed by atoms with Crippen molar-refractivity contribution in [1.82, 2.24) is 0 Å². The average molecular weight is 372 g/mol. The molecule has 1 unspecified atom stereocenters. The maximum atomic E-state index is 13.5. The van der Waals surface area contributed by atoms with Crippen molar-refractivity contribution < 1.29 is 32.3 Å². The van der Waals surface area contributed by atoms with Gasteiger partial charge in [0, 0.05) is 6.42 Å². The fraction of sp³-hybridized carbons (Fsp3) is 1.00. The number of aliphatic hydroxyl groups excluding tert-OH is 1. The number of hydrogen-bond acceptors (Lipinski definition) is 7. The molecule has 7 nitrogen and oxygen atoms in total. The van der Waals surface area contributed by atoms with Gasteiger partial charge in [-0.05, 0) is 47.0 Å². The quantitative estimate of drug-likeness (QED) is 0.576. The maximum Gasteiger partial charge on any atom is 0.348 e. The zero-order valence-corrected chi connectivity index (χ0v) is 16.3. The van der Waals surface area contributed by atoms with E-state index < -0.39 is 26.2 Å². The molecule has 1 saturated carbocycles. The molecule has 1 fully saturated rings. The maximum absolute atomic E-state index is 13.5. The molecule has 9 heteroatoms. The van der Waals surface area contributed by atoms with Crippen LogP contribution in [0.5, 0.6) is 0 Å². The monoisotopic (exact) mass is 372 g/mol. The van der Waals surface area contributed by atoms with Crippen LogP contribution < -0.4 is 0 Å². The SMILES string of the molecule is CCOP(=O)(OCC)C1(P(=O)(OCC)OCC)CCCC(O)C1. The van der Waals surface area contributed by atoms with E-state index in [9.17, 15) is 14.2 Å². The van der Waals surface area contributed by atoms with Gasteiger partial charge in [-0.1, -0.05) is 0 Å². The first-order valence-electron chi connectivity index (χ1n) is 8.31. The van der Waals surface area contributed by atoms with Crippen LogP contribution in [0.15, 0.2) is 0 Å². The Hall–Kier alpha value is 0.260. The van der Waals surface area contributed by atoms with Gasteiger partial charge in [0.05, 0.1) is 32.5 Å². The van der Waals surface area contributed by atoms with E-state index in [0.717, 1.165) is 0 Å². The Morgan fingerprint density at radius 2 is 1.30 bits per heavy atom. The second kappa shape index (κ2) is 9.10. The Balaban J connectivity index is 3.46. The molecule has 0 radical (unpaired) electrons. The van der Waals surface area contributed by atoms with Gasteiger partial charge < -0.3 is 23.2 Å². The Morgan fingerprint density at radius 3 is 1.61 bits per heavy atom. The summed E-state index contributed by atoms with van der Waals surface area (Å²) in [5.41, 5.74) is 0. The largest absolute Gasteiger partial charge is 0.393 e. The van der Waals surface area contributed by atoms with Crippen molar-refractivity contribution in [2.75, 3.05) is 26.4 Å². The molecule has 0 heterocycles. The van der Waals surface area contributed by atoms with Crippen LogP contribution in [0.3, 0.4) is 0 Å². The van der Waals surface area contributed by atoms with Crippen LogP contribution in [0.1, 0.15) is 53.4 Å². The van der Waals surface area contributed by atoms with Crippen LogP contribution in [0, 0.1) is 0 Å². The molecule has 1 atom stereocenters. The minimum absolute atomic E-state index is 0.0154. The molecule has 138 valence electrons. The first-order valence-corrected chi connectivity index (χ1v) is 11.4. The third-order valence-electron chi connectivity index (χ3n) is 3.89. The van der Waals surface area contributed by atoms with Gasteiger partial charge in [0.25, 0.3) is 0 Å². The van der Waals surface area contributed by atoms with E-state index in [1.807, 2.05) is 0 Å². The van der Waals surface area contributed by atoms with Gasteiger partial charge >= 0.3 is 15.2 Å². The fourth-order valence-corrected chi connectivity index (χ4v) is 9.18. The lowest BCUT2D eigenvalue weighted by molar-refractivity contribution is 0.0944. The van der Waals surface area contributed by atoms with Crippen molar-refractivity contribution >= 4 is 15.2 Å². The molecule has 0 aromatic heterocycles. The highest BCUT2D eigenvalue weighted by atomic mass is 31.2. The summed E-state index contributed by atoms with van der Waals surface area (Å²) < 4.78 is 49.0. The number of rotatable bonds is 10. The van der Waals surface area contributed by atoms with Crippen molar-refractivity contribution in [3.63, 3.8) is 0 Å². The number of hydrogen-bond donors (Lipinski definition) is 1. The van der Waals surface area contributed by atoms with Crippen LogP contribution >= 0.6 is 15.2 Å². The molecule has 0 bridgehead atoms. The predicted molar refractivity (Wildman–Crippen MR) is 88.9 cm³/mol. The van der Waals surface area contributed by atoms with Crippen molar-refractivity contribution in [2.24, 2.45) is 0 Å². The van der Waals surface area contributed by atoms with Gasteiger partial charge in [-0.25, -0.2) is 0 Å². The first-order chi connectivity index (χ1) is 10.8. The first kappa shape index (κ1) is 21.3. The zero-order chi connectivity index (χ0) is 17.6. The molecule has 0 aromatic rings. The summed E-state index contributed by atoms with van der Waals surface area (Å²) in [6, 6.07) is 0. The lowest BCUT2D eigenvalue weighted by atomic mass is 9.97. The summed E-state index contributed by atoms with van der Waals surface area (Å²) in [6.07, 6.45) is 0.681. The van der Waals surface area contributed by atoms with E-state index in [-0.39, 0.29) is 32.8 Å². The highest BCUT2D eigenvalue weighted by molar-refractivity contribution is 7.74. The summed E-state index contributed by atoms with van der Waals surface area (Å²) in [4.78, 5) is -1.46. The Kier molecular flexibility index (Phi) is 8.42. The van der Waals surface area contributed by atoms with E-state index in [1.165, 1.54) is 0 Å². The Bertz CT molecular complexity index is 404. The molecular weight excluding hydrogens is 342 g/mol. The van der Waals surface area contributed by atoms with Gasteiger partial charge in [0.1, 0.15) is 0 Å². The second-order valence-corrected chi connectivity index (χ2v) is 10.5. The summed E-state index contributed by atoms with van der Waals surface area (Å²) in [7, 11) is -7.63. The third-order valence-corrected chi connectivity index (χ3v) is 10.6. The standard InChI is InChI=1S/C14H30O7P2/c1-5-18-22(16,19-6-2)14(11-9-10-13(15)12-14)23(17,20-7-3)21-8-4/h13,15H,5-12H2,1-4H3. The second-order valence-electron chi connectivity index (χ2n) is 5.40. The van der Waals surface area contributed by atoms with Crippen LogP contribution in [0.4, 0.5) is 0 Å². The van der Waals surface area contributed by atoms with Gasteiger partial charge in [-0.2, -0.15) is 0 Å². The van der Waals surface area contributed by atoms with Crippen LogP contribution in [0.25, 0.3) is 0 Å². The molecule has 0 amide bonds.